The van der Waals surface area contributed by atoms with Crippen LogP contribution < -0.4 is 4.57 Å². The molecule has 0 aliphatic rings. The maximum Gasteiger partial charge on any atom is 0.261 e. The minimum Gasteiger partial charge on any atom is -0.236 e. The Morgan fingerprint density at radius 2 is 2.50 bits per heavy atom. The molecular formula is C5H8ClN2+. The largest absolute Gasteiger partial charge is 0.261 e. The second-order valence-corrected chi connectivity index (χ2v) is 1.98. The summed E-state index contributed by atoms with van der Waals surface area (Å²) in [5, 5.41) is 0. The van der Waals surface area contributed by atoms with Gasteiger partial charge >= 0.3 is 0 Å². The Hall–Kier alpha value is -0.500. The average Bonchev–Trinajstić information content (AvgIpc) is 2.14. The monoisotopic (exact) mass is 131 g/mol. The molecule has 0 unspecified atom stereocenters. The molecule has 0 fully saturated rings. The maximum atomic E-state index is 5.53. The van der Waals surface area contributed by atoms with Crippen LogP contribution in [0.5, 0.6) is 0 Å². The zero-order valence-corrected chi connectivity index (χ0v) is 5.47. The van der Waals surface area contributed by atoms with Crippen LogP contribution in [0.15, 0.2) is 18.7 Å². The molecule has 1 aromatic heterocycles. The van der Waals surface area contributed by atoms with E-state index in [4.69, 9.17) is 11.8 Å². The smallest absolute Gasteiger partial charge is 0.236 e. The van der Waals surface area contributed by atoms with E-state index >= 15 is 0 Å². The minimum absolute atomic E-state index is 0.972. The lowest BCUT2D eigenvalue weighted by Crippen LogP contribution is -2.28. The van der Waals surface area contributed by atoms with Crippen LogP contribution in [0, 0.1) is 0 Å². The van der Waals surface area contributed by atoms with E-state index in [9.17, 15) is 0 Å². The number of rotatable bonds is 1. The van der Waals surface area contributed by atoms with Crippen LogP contribution in [0.3, 0.4) is 0 Å². The van der Waals surface area contributed by atoms with E-state index in [0.29, 0.717) is 0 Å². The lowest BCUT2D eigenvalue weighted by Gasteiger charge is -1.79. The molecule has 44 valence electrons. The quantitative estimate of drug-likeness (QED) is 0.499. The van der Waals surface area contributed by atoms with Gasteiger partial charge in [-0.25, -0.2) is 4.57 Å². The summed E-state index contributed by atoms with van der Waals surface area (Å²) in [4.78, 5) is 0. The summed E-state index contributed by atoms with van der Waals surface area (Å²) in [7, 11) is 0. The molecule has 1 heterocycles. The second kappa shape index (κ2) is 2.18. The number of hydrogen-bond acceptors (Lipinski definition) is 0. The first-order valence-corrected chi connectivity index (χ1v) is 2.90. The van der Waals surface area contributed by atoms with E-state index in [-0.39, 0.29) is 0 Å². The Morgan fingerprint density at radius 3 is 2.75 bits per heavy atom. The molecule has 0 amide bonds. The predicted molar refractivity (Wildman–Crippen MR) is 31.6 cm³/mol. The third kappa shape index (κ3) is 1.01. The fraction of sp³-hybridized carbons (Fsp3) is 0.400. The number of halogens is 1. The number of aryl methyl sites for hydroxylation is 1. The molecule has 0 aliphatic heterocycles. The first-order chi connectivity index (χ1) is 3.83. The Labute approximate surface area is 53.4 Å². The summed E-state index contributed by atoms with van der Waals surface area (Å²) in [6, 6.07) is 0. The van der Waals surface area contributed by atoms with Gasteiger partial charge in [-0.1, -0.05) is 0 Å². The normalized spacial score (nSPS) is 9.75. The molecule has 2 nitrogen and oxygen atoms in total. The second-order valence-electron chi connectivity index (χ2n) is 1.59. The molecular weight excluding hydrogens is 124 g/mol. The van der Waals surface area contributed by atoms with E-state index in [0.717, 1.165) is 6.54 Å². The summed E-state index contributed by atoms with van der Waals surface area (Å²) in [5.74, 6) is 0. The summed E-state index contributed by atoms with van der Waals surface area (Å²) < 4.78 is 3.50. The summed E-state index contributed by atoms with van der Waals surface area (Å²) in [6.07, 6.45) is 5.54. The summed E-state index contributed by atoms with van der Waals surface area (Å²) in [5.41, 5.74) is 0. The van der Waals surface area contributed by atoms with E-state index in [1.54, 1.807) is 6.20 Å². The van der Waals surface area contributed by atoms with Crippen molar-refractivity contribution in [2.75, 3.05) is 0 Å². The molecule has 0 radical (unpaired) electrons. The van der Waals surface area contributed by atoms with Crippen LogP contribution in [0.4, 0.5) is 0 Å². The van der Waals surface area contributed by atoms with Gasteiger partial charge in [0.15, 0.2) is 0 Å². The van der Waals surface area contributed by atoms with E-state index < -0.39 is 0 Å². The fourth-order valence-electron chi connectivity index (χ4n) is 0.555. The number of aromatic nitrogens is 2. The van der Waals surface area contributed by atoms with Gasteiger partial charge in [0.05, 0.1) is 6.54 Å². The SMILES string of the molecule is CC[n+]1ccn(Cl)c1. The standard InChI is InChI=1S/C5H8ClN2/c1-2-7-3-4-8(6)5-7/h3-5H,2H2,1H3/q+1. The van der Waals surface area contributed by atoms with Crippen molar-refractivity contribution in [1.82, 2.24) is 4.09 Å². The Balaban J connectivity index is 2.84. The van der Waals surface area contributed by atoms with E-state index in [1.807, 2.05) is 17.1 Å². The topological polar surface area (TPSA) is 8.81 Å². The van der Waals surface area contributed by atoms with Gasteiger partial charge in [-0.05, 0) is 6.92 Å². The van der Waals surface area contributed by atoms with Gasteiger partial charge in [-0.2, -0.15) is 0 Å². The van der Waals surface area contributed by atoms with E-state index in [1.165, 1.54) is 4.09 Å². The molecule has 0 N–H and O–H groups in total. The molecule has 0 aromatic carbocycles. The van der Waals surface area contributed by atoms with Crippen molar-refractivity contribution in [2.45, 2.75) is 13.5 Å². The average molecular weight is 132 g/mol. The molecule has 0 bridgehead atoms. The lowest BCUT2D eigenvalue weighted by molar-refractivity contribution is -0.692. The molecule has 0 saturated heterocycles. The highest BCUT2D eigenvalue weighted by Gasteiger charge is 1.94. The highest BCUT2D eigenvalue weighted by molar-refractivity contribution is 6.15. The van der Waals surface area contributed by atoms with Crippen molar-refractivity contribution < 1.29 is 4.57 Å². The van der Waals surface area contributed by atoms with Crippen LogP contribution in [0.1, 0.15) is 6.92 Å². The van der Waals surface area contributed by atoms with Crippen molar-refractivity contribution >= 4 is 11.8 Å². The van der Waals surface area contributed by atoms with Crippen molar-refractivity contribution in [1.29, 1.82) is 0 Å². The summed E-state index contributed by atoms with van der Waals surface area (Å²) >= 11 is 5.53. The molecule has 0 saturated carbocycles. The van der Waals surface area contributed by atoms with Crippen LogP contribution in [0.2, 0.25) is 0 Å². The molecule has 1 aromatic rings. The highest BCUT2D eigenvalue weighted by atomic mass is 35.5. The van der Waals surface area contributed by atoms with Crippen molar-refractivity contribution in [2.24, 2.45) is 0 Å². The van der Waals surface area contributed by atoms with Crippen LogP contribution in [0.25, 0.3) is 0 Å². The third-order valence-electron chi connectivity index (χ3n) is 1.02. The molecule has 0 atom stereocenters. The van der Waals surface area contributed by atoms with Gasteiger partial charge in [0, 0.05) is 0 Å². The first kappa shape index (κ1) is 5.63. The van der Waals surface area contributed by atoms with Gasteiger partial charge in [0.1, 0.15) is 24.2 Å². The number of hydrogen-bond donors (Lipinski definition) is 0. The van der Waals surface area contributed by atoms with Crippen LogP contribution in [-0.4, -0.2) is 4.09 Å². The van der Waals surface area contributed by atoms with Gasteiger partial charge in [-0.15, -0.1) is 4.09 Å². The summed E-state index contributed by atoms with van der Waals surface area (Å²) in [6.45, 7) is 3.04. The molecule has 0 spiro atoms. The zero-order chi connectivity index (χ0) is 5.98. The molecule has 8 heavy (non-hydrogen) atoms. The van der Waals surface area contributed by atoms with Crippen LogP contribution in [-0.2, 0) is 6.54 Å². The Morgan fingerprint density at radius 1 is 1.75 bits per heavy atom. The zero-order valence-electron chi connectivity index (χ0n) is 4.71. The van der Waals surface area contributed by atoms with Crippen molar-refractivity contribution in [3.05, 3.63) is 18.7 Å². The van der Waals surface area contributed by atoms with Gasteiger partial charge in [0.2, 0.25) is 0 Å². The molecule has 3 heteroatoms. The number of nitrogens with zero attached hydrogens (tertiary/aromatic N) is 2. The van der Waals surface area contributed by atoms with E-state index in [2.05, 4.69) is 6.92 Å². The Bertz CT molecular complexity index is 171. The lowest BCUT2D eigenvalue weighted by atomic mass is 10.7. The highest BCUT2D eigenvalue weighted by Crippen LogP contribution is 1.83. The first-order valence-electron chi connectivity index (χ1n) is 2.56. The van der Waals surface area contributed by atoms with Gasteiger partial charge < -0.3 is 0 Å². The fourth-order valence-corrected chi connectivity index (χ4v) is 0.718. The maximum absolute atomic E-state index is 5.53. The Kier molecular flexibility index (Phi) is 1.53. The molecule has 0 aliphatic carbocycles. The third-order valence-corrected chi connectivity index (χ3v) is 1.22. The number of imidazole rings is 1. The van der Waals surface area contributed by atoms with Crippen molar-refractivity contribution in [3.63, 3.8) is 0 Å². The molecule has 1 rings (SSSR count). The van der Waals surface area contributed by atoms with Crippen LogP contribution >= 0.6 is 11.8 Å². The van der Waals surface area contributed by atoms with Crippen molar-refractivity contribution in [3.8, 4) is 0 Å². The van der Waals surface area contributed by atoms with Gasteiger partial charge in [0.25, 0.3) is 6.33 Å². The predicted octanol–water partition coefficient (Wildman–Crippen LogP) is 0.797. The van der Waals surface area contributed by atoms with Gasteiger partial charge in [-0.3, -0.25) is 0 Å². The minimum atomic E-state index is 0.972.